The fraction of sp³-hybridized carbons (Fsp3) is 0.722. The number of aromatic amines is 1. The van der Waals surface area contributed by atoms with Gasteiger partial charge in [-0.25, -0.2) is 0 Å². The number of H-pyrrole nitrogens is 1. The molecule has 0 radical (unpaired) electrons. The summed E-state index contributed by atoms with van der Waals surface area (Å²) in [6, 6.07) is 0.262. The fourth-order valence-electron chi connectivity index (χ4n) is 3.97. The molecular weight excluding hydrogens is 336 g/mol. The zero-order valence-electron chi connectivity index (χ0n) is 14.9. The van der Waals surface area contributed by atoms with Gasteiger partial charge in [-0.15, -0.1) is 0 Å². The van der Waals surface area contributed by atoms with E-state index >= 15 is 0 Å². The second kappa shape index (κ2) is 7.75. The Hall–Kier alpha value is -1.93. The van der Waals surface area contributed by atoms with Crippen LogP contribution in [0.4, 0.5) is 0 Å². The molecule has 8 nitrogen and oxygen atoms in total. The Morgan fingerprint density at radius 1 is 1.23 bits per heavy atom. The molecule has 2 aliphatic heterocycles. The van der Waals surface area contributed by atoms with Gasteiger partial charge < -0.3 is 20.1 Å². The molecule has 1 aromatic rings. The van der Waals surface area contributed by atoms with Crippen LogP contribution in [0.15, 0.2) is 0 Å². The standard InChI is InChI=1S/C18H26N4O4/c23-17(11-5-6-25-9-11)19-8-13-7-14-15(10-26-13)21-22-16(14)18(24)20-12-3-1-2-4-12/h11-13H,1-10H2,(H,19,23)(H,20,24)(H,21,22). The van der Waals surface area contributed by atoms with Crippen molar-refractivity contribution in [2.75, 3.05) is 19.8 Å². The molecule has 1 saturated heterocycles. The van der Waals surface area contributed by atoms with Gasteiger partial charge in [0.15, 0.2) is 5.69 Å². The van der Waals surface area contributed by atoms with Crippen molar-refractivity contribution in [3.63, 3.8) is 0 Å². The molecule has 1 aromatic heterocycles. The second-order valence-corrected chi connectivity index (χ2v) is 7.43. The first-order valence-electron chi connectivity index (χ1n) is 9.54. The Morgan fingerprint density at radius 2 is 2.08 bits per heavy atom. The smallest absolute Gasteiger partial charge is 0.272 e. The quantitative estimate of drug-likeness (QED) is 0.714. The SMILES string of the molecule is O=C(NC1CCCC1)c1n[nH]c2c1CC(CNC(=O)C1CCOC1)OC2. The first-order valence-corrected chi connectivity index (χ1v) is 9.54. The van der Waals surface area contributed by atoms with Crippen molar-refractivity contribution >= 4 is 11.8 Å². The maximum Gasteiger partial charge on any atom is 0.272 e. The molecule has 0 bridgehead atoms. The molecule has 26 heavy (non-hydrogen) atoms. The van der Waals surface area contributed by atoms with Gasteiger partial charge in [0.05, 0.1) is 30.9 Å². The number of nitrogens with one attached hydrogen (secondary N) is 3. The van der Waals surface area contributed by atoms with Crippen molar-refractivity contribution in [1.82, 2.24) is 20.8 Å². The molecular formula is C18H26N4O4. The summed E-state index contributed by atoms with van der Waals surface area (Å²) < 4.78 is 11.0. The van der Waals surface area contributed by atoms with E-state index in [9.17, 15) is 9.59 Å². The van der Waals surface area contributed by atoms with Crippen molar-refractivity contribution in [3.05, 3.63) is 17.0 Å². The molecule has 2 amide bonds. The van der Waals surface area contributed by atoms with Crippen molar-refractivity contribution < 1.29 is 19.1 Å². The van der Waals surface area contributed by atoms with E-state index in [-0.39, 0.29) is 29.9 Å². The Bertz CT molecular complexity index is 662. The summed E-state index contributed by atoms with van der Waals surface area (Å²) >= 11 is 0. The number of nitrogens with zero attached hydrogens (tertiary/aromatic N) is 1. The summed E-state index contributed by atoms with van der Waals surface area (Å²) in [7, 11) is 0. The average Bonchev–Trinajstić information content (AvgIpc) is 3.39. The third-order valence-corrected chi connectivity index (χ3v) is 5.56. The maximum absolute atomic E-state index is 12.6. The molecule has 2 fully saturated rings. The van der Waals surface area contributed by atoms with Crippen LogP contribution >= 0.6 is 0 Å². The molecule has 0 aromatic carbocycles. The highest BCUT2D eigenvalue weighted by Crippen LogP contribution is 2.23. The highest BCUT2D eigenvalue weighted by atomic mass is 16.5. The second-order valence-electron chi connectivity index (χ2n) is 7.43. The first-order chi connectivity index (χ1) is 12.7. The largest absolute Gasteiger partial charge is 0.381 e. The summed E-state index contributed by atoms with van der Waals surface area (Å²) in [5.74, 6) is -0.152. The number of aromatic nitrogens is 2. The summed E-state index contributed by atoms with van der Waals surface area (Å²) in [4.78, 5) is 24.7. The van der Waals surface area contributed by atoms with Gasteiger partial charge in [-0.3, -0.25) is 14.7 Å². The van der Waals surface area contributed by atoms with Gasteiger partial charge in [0, 0.05) is 31.2 Å². The molecule has 0 spiro atoms. The van der Waals surface area contributed by atoms with Gasteiger partial charge in [0.1, 0.15) is 0 Å². The molecule has 4 rings (SSSR count). The van der Waals surface area contributed by atoms with Crippen LogP contribution in [0, 0.1) is 5.92 Å². The Labute approximate surface area is 152 Å². The van der Waals surface area contributed by atoms with Crippen LogP contribution < -0.4 is 10.6 Å². The van der Waals surface area contributed by atoms with E-state index in [4.69, 9.17) is 9.47 Å². The number of carbonyl (C=O) groups excluding carboxylic acids is 2. The van der Waals surface area contributed by atoms with E-state index in [1.165, 1.54) is 12.8 Å². The van der Waals surface area contributed by atoms with Crippen molar-refractivity contribution in [3.8, 4) is 0 Å². The lowest BCUT2D eigenvalue weighted by Gasteiger charge is -2.24. The molecule has 142 valence electrons. The number of hydrogen-bond donors (Lipinski definition) is 3. The third-order valence-electron chi connectivity index (χ3n) is 5.56. The first kappa shape index (κ1) is 17.5. The van der Waals surface area contributed by atoms with Crippen molar-refractivity contribution in [2.24, 2.45) is 5.92 Å². The summed E-state index contributed by atoms with van der Waals surface area (Å²) in [5.41, 5.74) is 2.24. The highest BCUT2D eigenvalue weighted by Gasteiger charge is 2.30. The van der Waals surface area contributed by atoms with Gasteiger partial charge >= 0.3 is 0 Å². The number of rotatable bonds is 5. The van der Waals surface area contributed by atoms with Gasteiger partial charge in [-0.1, -0.05) is 12.8 Å². The lowest BCUT2D eigenvalue weighted by atomic mass is 10.0. The van der Waals surface area contributed by atoms with E-state index in [2.05, 4.69) is 20.8 Å². The van der Waals surface area contributed by atoms with E-state index in [1.807, 2.05) is 0 Å². The fourth-order valence-corrected chi connectivity index (χ4v) is 3.97. The van der Waals surface area contributed by atoms with Crippen LogP contribution in [-0.2, 0) is 27.3 Å². The van der Waals surface area contributed by atoms with Crippen LogP contribution in [0.25, 0.3) is 0 Å². The van der Waals surface area contributed by atoms with Crippen LogP contribution in [0.1, 0.15) is 53.8 Å². The minimum Gasteiger partial charge on any atom is -0.381 e. The van der Waals surface area contributed by atoms with E-state index in [0.29, 0.717) is 38.5 Å². The van der Waals surface area contributed by atoms with Crippen molar-refractivity contribution in [1.29, 1.82) is 0 Å². The number of amides is 2. The molecule has 3 N–H and O–H groups in total. The lowest BCUT2D eigenvalue weighted by Crippen LogP contribution is -2.40. The molecule has 2 unspecified atom stereocenters. The normalized spacial score (nSPS) is 25.8. The molecule has 1 aliphatic carbocycles. The van der Waals surface area contributed by atoms with Gasteiger partial charge in [0.25, 0.3) is 5.91 Å². The zero-order valence-corrected chi connectivity index (χ0v) is 14.9. The Kier molecular flexibility index (Phi) is 5.21. The predicted octanol–water partition coefficient (Wildman–Crippen LogP) is 0.676. The number of fused-ring (bicyclic) bond motifs is 1. The molecule has 8 heteroatoms. The van der Waals surface area contributed by atoms with Crippen LogP contribution in [0.5, 0.6) is 0 Å². The molecule has 3 heterocycles. The monoisotopic (exact) mass is 362 g/mol. The average molecular weight is 362 g/mol. The zero-order chi connectivity index (χ0) is 17.9. The van der Waals surface area contributed by atoms with Gasteiger partial charge in [-0.05, 0) is 19.3 Å². The lowest BCUT2D eigenvalue weighted by molar-refractivity contribution is -0.125. The van der Waals surface area contributed by atoms with E-state index < -0.39 is 0 Å². The van der Waals surface area contributed by atoms with Gasteiger partial charge in [-0.2, -0.15) is 5.10 Å². The molecule has 1 saturated carbocycles. The topological polar surface area (TPSA) is 105 Å². The van der Waals surface area contributed by atoms with Crippen molar-refractivity contribution in [2.45, 2.75) is 57.3 Å². The molecule has 2 atom stereocenters. The van der Waals surface area contributed by atoms with E-state index in [1.54, 1.807) is 0 Å². The van der Waals surface area contributed by atoms with Crippen LogP contribution in [-0.4, -0.2) is 53.9 Å². The number of carbonyl (C=O) groups is 2. The maximum atomic E-state index is 12.6. The predicted molar refractivity (Wildman–Crippen MR) is 92.5 cm³/mol. The van der Waals surface area contributed by atoms with E-state index in [0.717, 1.165) is 30.5 Å². The minimum absolute atomic E-state index is 0.0169. The minimum atomic E-state index is -0.149. The highest BCUT2D eigenvalue weighted by molar-refractivity contribution is 5.94. The summed E-state index contributed by atoms with van der Waals surface area (Å²) in [6.45, 7) is 1.96. The van der Waals surface area contributed by atoms with Crippen LogP contribution in [0.3, 0.4) is 0 Å². The Balaban J connectivity index is 1.34. The Morgan fingerprint density at radius 3 is 2.85 bits per heavy atom. The number of hydrogen-bond acceptors (Lipinski definition) is 5. The van der Waals surface area contributed by atoms with Crippen LogP contribution in [0.2, 0.25) is 0 Å². The third kappa shape index (κ3) is 3.76. The summed E-state index contributed by atoms with van der Waals surface area (Å²) in [6.07, 6.45) is 5.62. The summed E-state index contributed by atoms with van der Waals surface area (Å²) in [5, 5.41) is 13.2. The number of ether oxygens (including phenoxy) is 2. The molecule has 3 aliphatic rings. The van der Waals surface area contributed by atoms with Gasteiger partial charge in [0.2, 0.25) is 5.91 Å².